The third-order valence-electron chi connectivity index (χ3n) is 4.64. The lowest BCUT2D eigenvalue weighted by molar-refractivity contribution is -0.127. The molecule has 0 bridgehead atoms. The summed E-state index contributed by atoms with van der Waals surface area (Å²) in [4.78, 5) is 12.2. The summed E-state index contributed by atoms with van der Waals surface area (Å²) < 4.78 is 5.53. The van der Waals surface area contributed by atoms with Gasteiger partial charge in [-0.15, -0.1) is 0 Å². The Morgan fingerprint density at radius 1 is 0.923 bits per heavy atom. The molecule has 0 radical (unpaired) electrons. The summed E-state index contributed by atoms with van der Waals surface area (Å²) in [5, 5.41) is 0. The lowest BCUT2D eigenvalue weighted by Crippen LogP contribution is -2.19. The molecule has 0 aliphatic carbocycles. The molecule has 0 unspecified atom stereocenters. The van der Waals surface area contributed by atoms with Crippen molar-refractivity contribution in [3.63, 3.8) is 0 Å². The lowest BCUT2D eigenvalue weighted by Gasteiger charge is -2.12. The van der Waals surface area contributed by atoms with Crippen molar-refractivity contribution in [1.29, 1.82) is 0 Å². The molecule has 3 nitrogen and oxygen atoms in total. The van der Waals surface area contributed by atoms with E-state index in [9.17, 15) is 4.79 Å². The molecular weight excluding hydrogens is 322 g/mol. The molecule has 140 valence electrons. The predicted octanol–water partition coefficient (Wildman–Crippen LogP) is 4.64. The van der Waals surface area contributed by atoms with Crippen LogP contribution in [0, 0.1) is 5.92 Å². The van der Waals surface area contributed by atoms with Gasteiger partial charge in [0.2, 0.25) is 0 Å². The molecule has 0 amide bonds. The Labute approximate surface area is 157 Å². The molecule has 0 saturated heterocycles. The summed E-state index contributed by atoms with van der Waals surface area (Å²) in [6.45, 7) is 3.62. The average Bonchev–Trinajstić information content (AvgIpc) is 2.68. The molecule has 0 aliphatic heterocycles. The van der Waals surface area contributed by atoms with E-state index in [1.54, 1.807) is 0 Å². The highest BCUT2D eigenvalue weighted by Gasteiger charge is 2.13. The fourth-order valence-corrected chi connectivity index (χ4v) is 2.95. The van der Waals surface area contributed by atoms with Crippen molar-refractivity contribution in [2.24, 2.45) is 11.7 Å². The van der Waals surface area contributed by atoms with Gasteiger partial charge in [-0.3, -0.25) is 4.79 Å². The number of carbonyl (C=O) groups is 1. The van der Waals surface area contributed by atoms with Crippen LogP contribution < -0.4 is 5.73 Å². The monoisotopic (exact) mass is 353 g/mol. The van der Waals surface area contributed by atoms with Crippen LogP contribution in [0.1, 0.15) is 38.2 Å². The van der Waals surface area contributed by atoms with E-state index < -0.39 is 0 Å². The quantitative estimate of drug-likeness (QED) is 0.566. The third kappa shape index (κ3) is 7.11. The Morgan fingerprint density at radius 2 is 1.58 bits per heavy atom. The van der Waals surface area contributed by atoms with E-state index in [2.05, 4.69) is 36.4 Å². The van der Waals surface area contributed by atoms with Gasteiger partial charge < -0.3 is 10.5 Å². The predicted molar refractivity (Wildman–Crippen MR) is 108 cm³/mol. The molecule has 3 heteroatoms. The summed E-state index contributed by atoms with van der Waals surface area (Å²) in [6.07, 6.45) is 5.09. The number of unbranched alkanes of at least 4 members (excludes halogenated alkanes) is 3. The van der Waals surface area contributed by atoms with E-state index >= 15 is 0 Å². The molecule has 0 aliphatic rings. The van der Waals surface area contributed by atoms with Crippen LogP contribution in [0.5, 0.6) is 0 Å². The normalized spacial score (nSPS) is 12.1. The smallest absolute Gasteiger partial charge is 0.161 e. The van der Waals surface area contributed by atoms with Gasteiger partial charge >= 0.3 is 0 Å². The first-order chi connectivity index (χ1) is 12.7. The number of rotatable bonds is 12. The highest BCUT2D eigenvalue weighted by atomic mass is 16.5. The number of hydrogen-bond acceptors (Lipinski definition) is 3. The number of benzene rings is 2. The number of nitrogens with two attached hydrogens (primary N) is 1. The second kappa shape index (κ2) is 11.6. The average molecular weight is 354 g/mol. The van der Waals surface area contributed by atoms with Gasteiger partial charge in [0, 0.05) is 12.5 Å². The molecule has 2 aromatic carbocycles. The zero-order chi connectivity index (χ0) is 18.6. The number of hydrogen-bond donors (Lipinski definition) is 1. The van der Waals surface area contributed by atoms with Crippen LogP contribution in [0.4, 0.5) is 0 Å². The topological polar surface area (TPSA) is 52.3 Å². The molecule has 0 aromatic heterocycles. The first-order valence-electron chi connectivity index (χ1n) is 9.65. The fourth-order valence-electron chi connectivity index (χ4n) is 2.95. The van der Waals surface area contributed by atoms with Crippen LogP contribution >= 0.6 is 0 Å². The number of ketones is 1. The summed E-state index contributed by atoms with van der Waals surface area (Å²) in [7, 11) is 0. The minimum Gasteiger partial charge on any atom is -0.374 e. The maximum atomic E-state index is 12.2. The molecule has 2 rings (SSSR count). The Kier molecular flexibility index (Phi) is 9.08. The fraction of sp³-hybridized carbons (Fsp3) is 0.435. The van der Waals surface area contributed by atoms with Crippen molar-refractivity contribution < 1.29 is 9.53 Å². The largest absolute Gasteiger partial charge is 0.374 e. The molecular formula is C23H31NO2. The van der Waals surface area contributed by atoms with E-state index in [1.807, 2.05) is 25.1 Å². The van der Waals surface area contributed by atoms with Crippen LogP contribution in [0.2, 0.25) is 0 Å². The SMILES string of the molecule is C[C@H](Cc1ccc(-c2ccccc2)cc1)C(=O)COCCCCCCN. The van der Waals surface area contributed by atoms with Crippen LogP contribution in [0.25, 0.3) is 11.1 Å². The van der Waals surface area contributed by atoms with Crippen molar-refractivity contribution in [2.75, 3.05) is 19.8 Å². The molecule has 26 heavy (non-hydrogen) atoms. The number of ether oxygens (including phenoxy) is 1. The lowest BCUT2D eigenvalue weighted by atomic mass is 9.95. The van der Waals surface area contributed by atoms with E-state index in [0.29, 0.717) is 6.61 Å². The zero-order valence-corrected chi connectivity index (χ0v) is 15.8. The van der Waals surface area contributed by atoms with E-state index in [1.165, 1.54) is 16.7 Å². The van der Waals surface area contributed by atoms with E-state index in [-0.39, 0.29) is 18.3 Å². The highest BCUT2D eigenvalue weighted by Crippen LogP contribution is 2.20. The van der Waals surface area contributed by atoms with Gasteiger partial charge in [-0.1, -0.05) is 74.4 Å². The Balaban J connectivity index is 1.71. The highest BCUT2D eigenvalue weighted by molar-refractivity contribution is 5.82. The second-order valence-electron chi connectivity index (χ2n) is 6.89. The minimum absolute atomic E-state index is 0.0187. The van der Waals surface area contributed by atoms with Crippen LogP contribution in [-0.4, -0.2) is 25.5 Å². The molecule has 0 saturated carbocycles. The molecule has 0 heterocycles. The number of Topliss-reactive ketones (excluding diaryl/α,β-unsaturated/α-hetero) is 1. The van der Waals surface area contributed by atoms with Gasteiger partial charge in [0.05, 0.1) is 0 Å². The van der Waals surface area contributed by atoms with Gasteiger partial charge in [-0.25, -0.2) is 0 Å². The third-order valence-corrected chi connectivity index (χ3v) is 4.64. The summed E-state index contributed by atoms with van der Waals surface area (Å²) in [5.41, 5.74) is 9.07. The zero-order valence-electron chi connectivity index (χ0n) is 15.8. The first-order valence-corrected chi connectivity index (χ1v) is 9.65. The van der Waals surface area contributed by atoms with E-state index in [4.69, 9.17) is 10.5 Å². The summed E-state index contributed by atoms with van der Waals surface area (Å²) in [5.74, 6) is 0.161. The van der Waals surface area contributed by atoms with Crippen LogP contribution in [0.15, 0.2) is 54.6 Å². The van der Waals surface area contributed by atoms with Crippen molar-refractivity contribution in [2.45, 2.75) is 39.0 Å². The van der Waals surface area contributed by atoms with Crippen molar-refractivity contribution in [1.82, 2.24) is 0 Å². The van der Waals surface area contributed by atoms with Crippen molar-refractivity contribution in [3.05, 3.63) is 60.2 Å². The molecule has 2 N–H and O–H groups in total. The van der Waals surface area contributed by atoms with Gasteiger partial charge in [-0.2, -0.15) is 0 Å². The molecule has 2 aromatic rings. The molecule has 0 fully saturated rings. The van der Waals surface area contributed by atoms with Gasteiger partial charge in [0.25, 0.3) is 0 Å². The van der Waals surface area contributed by atoms with Crippen LogP contribution in [0.3, 0.4) is 0 Å². The molecule has 0 spiro atoms. The number of carbonyl (C=O) groups excluding carboxylic acids is 1. The van der Waals surface area contributed by atoms with Crippen molar-refractivity contribution >= 4 is 5.78 Å². The minimum atomic E-state index is -0.0187. The molecule has 1 atom stereocenters. The van der Waals surface area contributed by atoms with Crippen molar-refractivity contribution in [3.8, 4) is 11.1 Å². The Bertz CT molecular complexity index is 637. The Morgan fingerprint density at radius 3 is 2.27 bits per heavy atom. The first kappa shape index (κ1) is 20.3. The van der Waals surface area contributed by atoms with Gasteiger partial charge in [0.1, 0.15) is 6.61 Å². The van der Waals surface area contributed by atoms with Gasteiger partial charge in [-0.05, 0) is 42.5 Å². The Hall–Kier alpha value is -1.97. The van der Waals surface area contributed by atoms with Gasteiger partial charge in [0.15, 0.2) is 5.78 Å². The van der Waals surface area contributed by atoms with Crippen LogP contribution in [-0.2, 0) is 16.0 Å². The van der Waals surface area contributed by atoms with E-state index in [0.717, 1.165) is 38.6 Å². The summed E-state index contributed by atoms with van der Waals surface area (Å²) in [6, 6.07) is 18.8. The standard InChI is InChI=1S/C23H31NO2/c1-19(23(25)18-26-16-8-3-2-7-15-24)17-20-11-13-22(14-12-20)21-9-5-4-6-10-21/h4-6,9-14,19H,2-3,7-8,15-18,24H2,1H3/t19-/m1/s1. The second-order valence-corrected chi connectivity index (χ2v) is 6.89. The maximum Gasteiger partial charge on any atom is 0.161 e. The summed E-state index contributed by atoms with van der Waals surface area (Å²) >= 11 is 0. The maximum absolute atomic E-state index is 12.2.